The summed E-state index contributed by atoms with van der Waals surface area (Å²) < 4.78 is 3.08. The smallest absolute Gasteiger partial charge is 0.0713 e. The molecule has 1 aromatic heterocycles. The molecular formula is C15H26BrN5. The number of hydrazine groups is 1. The Balaban J connectivity index is 2.12. The van der Waals surface area contributed by atoms with Crippen molar-refractivity contribution in [2.45, 2.75) is 44.7 Å². The summed E-state index contributed by atoms with van der Waals surface area (Å²) in [4.78, 5) is 2.16. The summed E-state index contributed by atoms with van der Waals surface area (Å²) in [5, 5.41) is 4.48. The third-order valence-corrected chi connectivity index (χ3v) is 4.59. The molecule has 0 spiro atoms. The number of nitrogens with one attached hydrogen (secondary N) is 1. The van der Waals surface area contributed by atoms with E-state index in [1.54, 1.807) is 0 Å². The van der Waals surface area contributed by atoms with Gasteiger partial charge >= 0.3 is 0 Å². The summed E-state index contributed by atoms with van der Waals surface area (Å²) in [6, 6.07) is 0.105. The highest BCUT2D eigenvalue weighted by molar-refractivity contribution is 9.10. The molecule has 1 aliphatic rings. The molecule has 1 aromatic rings. The Bertz CT molecular complexity index is 480. The molecule has 0 bridgehead atoms. The van der Waals surface area contributed by atoms with E-state index in [-0.39, 0.29) is 6.04 Å². The van der Waals surface area contributed by atoms with Gasteiger partial charge in [0.25, 0.3) is 0 Å². The number of hydrogen-bond donors (Lipinski definition) is 2. The molecule has 5 nitrogen and oxygen atoms in total. The maximum Gasteiger partial charge on any atom is 0.0713 e. The third kappa shape index (κ3) is 4.64. The second-order valence-corrected chi connectivity index (χ2v) is 6.79. The van der Waals surface area contributed by atoms with Gasteiger partial charge in [0.2, 0.25) is 0 Å². The van der Waals surface area contributed by atoms with Crippen molar-refractivity contribution in [2.75, 3.05) is 20.6 Å². The Kier molecular flexibility index (Phi) is 6.41. The summed E-state index contributed by atoms with van der Waals surface area (Å²) in [5.74, 6) is 5.83. The molecule has 1 unspecified atom stereocenters. The first-order valence-electron chi connectivity index (χ1n) is 7.61. The number of halogens is 1. The van der Waals surface area contributed by atoms with Gasteiger partial charge in [-0.15, -0.1) is 0 Å². The Labute approximate surface area is 135 Å². The summed E-state index contributed by atoms with van der Waals surface area (Å²) in [6.45, 7) is 1.83. The van der Waals surface area contributed by atoms with E-state index in [1.807, 2.05) is 6.20 Å². The fourth-order valence-corrected chi connectivity index (χ4v) is 3.35. The first kappa shape index (κ1) is 16.7. The van der Waals surface area contributed by atoms with Crippen molar-refractivity contribution in [3.05, 3.63) is 28.0 Å². The van der Waals surface area contributed by atoms with Crippen LogP contribution in [0.2, 0.25) is 0 Å². The number of aromatic nitrogens is 2. The predicted molar refractivity (Wildman–Crippen MR) is 89.7 cm³/mol. The maximum atomic E-state index is 5.83. The number of rotatable bonds is 7. The molecule has 21 heavy (non-hydrogen) atoms. The van der Waals surface area contributed by atoms with Gasteiger partial charge in [-0.25, -0.2) is 0 Å². The lowest BCUT2D eigenvalue weighted by Gasteiger charge is -2.22. The minimum absolute atomic E-state index is 0.105. The molecule has 0 amide bonds. The van der Waals surface area contributed by atoms with E-state index >= 15 is 0 Å². The van der Waals surface area contributed by atoms with Crippen LogP contribution in [0.1, 0.15) is 43.8 Å². The zero-order valence-corrected chi connectivity index (χ0v) is 14.6. The average molecular weight is 356 g/mol. The van der Waals surface area contributed by atoms with Crippen LogP contribution in [-0.4, -0.2) is 35.3 Å². The van der Waals surface area contributed by atoms with Crippen molar-refractivity contribution in [1.29, 1.82) is 0 Å². The largest absolute Gasteiger partial charge is 0.308 e. The molecule has 0 fully saturated rings. The van der Waals surface area contributed by atoms with Gasteiger partial charge in [-0.1, -0.05) is 11.6 Å². The number of allylic oxidation sites excluding steroid dienone is 1. The second kappa shape index (κ2) is 8.08. The third-order valence-electron chi connectivity index (χ3n) is 3.97. The number of nitrogens with two attached hydrogens (primary N) is 1. The summed E-state index contributed by atoms with van der Waals surface area (Å²) >= 11 is 3.62. The Hall–Kier alpha value is -0.690. The van der Waals surface area contributed by atoms with Crippen LogP contribution in [0.3, 0.4) is 0 Å². The van der Waals surface area contributed by atoms with Gasteiger partial charge in [0.15, 0.2) is 0 Å². The topological polar surface area (TPSA) is 59.1 Å². The van der Waals surface area contributed by atoms with E-state index in [9.17, 15) is 0 Å². The Morgan fingerprint density at radius 1 is 1.48 bits per heavy atom. The van der Waals surface area contributed by atoms with E-state index in [2.05, 4.69) is 56.2 Å². The van der Waals surface area contributed by atoms with Crippen molar-refractivity contribution in [1.82, 2.24) is 20.1 Å². The molecule has 118 valence electrons. The first-order valence-corrected chi connectivity index (χ1v) is 8.41. The fourth-order valence-electron chi connectivity index (χ4n) is 2.78. The molecule has 1 heterocycles. The maximum absolute atomic E-state index is 5.83. The molecule has 2 rings (SSSR count). The normalized spacial score (nSPS) is 17.1. The SMILES string of the molecule is CN(C)CCn1ncc(Br)c1C(CC1=CCCCC1)NN. The molecule has 6 heteroatoms. The van der Waals surface area contributed by atoms with Gasteiger partial charge in [-0.05, 0) is 62.1 Å². The minimum atomic E-state index is 0.105. The molecule has 1 atom stereocenters. The lowest BCUT2D eigenvalue weighted by molar-refractivity contribution is 0.361. The Morgan fingerprint density at radius 3 is 2.90 bits per heavy atom. The van der Waals surface area contributed by atoms with Crippen LogP contribution in [0.4, 0.5) is 0 Å². The highest BCUT2D eigenvalue weighted by atomic mass is 79.9. The highest BCUT2D eigenvalue weighted by Crippen LogP contribution is 2.30. The summed E-state index contributed by atoms with van der Waals surface area (Å²) in [6.07, 6.45) is 10.2. The second-order valence-electron chi connectivity index (χ2n) is 5.94. The average Bonchev–Trinajstić information content (AvgIpc) is 2.85. The van der Waals surface area contributed by atoms with E-state index in [1.165, 1.54) is 31.3 Å². The van der Waals surface area contributed by atoms with Crippen LogP contribution in [0.15, 0.2) is 22.3 Å². The molecule has 0 saturated carbocycles. The Morgan fingerprint density at radius 2 is 2.29 bits per heavy atom. The van der Waals surface area contributed by atoms with Crippen molar-refractivity contribution >= 4 is 15.9 Å². The fraction of sp³-hybridized carbons (Fsp3) is 0.667. The van der Waals surface area contributed by atoms with Crippen LogP contribution in [0, 0.1) is 0 Å². The van der Waals surface area contributed by atoms with Crippen molar-refractivity contribution in [3.8, 4) is 0 Å². The van der Waals surface area contributed by atoms with Crippen molar-refractivity contribution < 1.29 is 0 Å². The molecule has 1 aliphatic carbocycles. The summed E-state index contributed by atoms with van der Waals surface area (Å²) in [7, 11) is 4.15. The molecule has 3 N–H and O–H groups in total. The number of likely N-dealkylation sites (N-methyl/N-ethyl adjacent to an activating group) is 1. The van der Waals surface area contributed by atoms with Crippen LogP contribution < -0.4 is 11.3 Å². The van der Waals surface area contributed by atoms with Crippen LogP contribution in [0.25, 0.3) is 0 Å². The van der Waals surface area contributed by atoms with Gasteiger partial charge in [-0.3, -0.25) is 16.0 Å². The molecule has 0 aromatic carbocycles. The quantitative estimate of drug-likeness (QED) is 0.448. The molecular weight excluding hydrogens is 330 g/mol. The van der Waals surface area contributed by atoms with E-state index in [0.29, 0.717) is 0 Å². The summed E-state index contributed by atoms with van der Waals surface area (Å²) in [5.41, 5.74) is 5.63. The van der Waals surface area contributed by atoms with Crippen molar-refractivity contribution in [2.24, 2.45) is 5.84 Å². The van der Waals surface area contributed by atoms with Gasteiger partial charge in [0.1, 0.15) is 0 Å². The lowest BCUT2D eigenvalue weighted by atomic mass is 9.93. The highest BCUT2D eigenvalue weighted by Gasteiger charge is 2.21. The zero-order chi connectivity index (χ0) is 15.2. The van der Waals surface area contributed by atoms with Crippen molar-refractivity contribution in [3.63, 3.8) is 0 Å². The van der Waals surface area contributed by atoms with E-state index in [4.69, 9.17) is 5.84 Å². The predicted octanol–water partition coefficient (Wildman–Crippen LogP) is 2.60. The van der Waals surface area contributed by atoms with Crippen LogP contribution in [0.5, 0.6) is 0 Å². The van der Waals surface area contributed by atoms with Gasteiger partial charge < -0.3 is 4.90 Å². The van der Waals surface area contributed by atoms with Gasteiger partial charge in [0, 0.05) is 6.54 Å². The number of hydrogen-bond acceptors (Lipinski definition) is 4. The molecule has 0 radical (unpaired) electrons. The van der Waals surface area contributed by atoms with Crippen LogP contribution in [-0.2, 0) is 6.54 Å². The molecule has 0 saturated heterocycles. The zero-order valence-electron chi connectivity index (χ0n) is 13.0. The lowest BCUT2D eigenvalue weighted by Crippen LogP contribution is -2.31. The monoisotopic (exact) mass is 355 g/mol. The standard InChI is InChI=1S/C15H26BrN5/c1-20(2)8-9-21-15(13(16)11-18-21)14(19-17)10-12-6-4-3-5-7-12/h6,11,14,19H,3-5,7-10,17H2,1-2H3. The van der Waals surface area contributed by atoms with E-state index in [0.717, 1.165) is 29.7 Å². The van der Waals surface area contributed by atoms with Crippen LogP contribution >= 0.6 is 15.9 Å². The minimum Gasteiger partial charge on any atom is -0.308 e. The van der Waals surface area contributed by atoms with Gasteiger partial charge in [-0.2, -0.15) is 5.10 Å². The molecule has 0 aliphatic heterocycles. The van der Waals surface area contributed by atoms with E-state index < -0.39 is 0 Å². The van der Waals surface area contributed by atoms with Gasteiger partial charge in [0.05, 0.1) is 29.0 Å². The first-order chi connectivity index (χ1) is 10.1. The number of nitrogens with zero attached hydrogens (tertiary/aromatic N) is 3.